The Balaban J connectivity index is 1.50. The van der Waals surface area contributed by atoms with Gasteiger partial charge < -0.3 is 4.74 Å². The zero-order valence-corrected chi connectivity index (χ0v) is 16.7. The molecule has 24 heavy (non-hydrogen) atoms. The molecule has 3 atom stereocenters. The monoisotopic (exact) mass is 441 g/mol. The van der Waals surface area contributed by atoms with Crippen molar-refractivity contribution in [1.82, 2.24) is 4.90 Å². The van der Waals surface area contributed by atoms with Gasteiger partial charge >= 0.3 is 0 Å². The molecule has 1 unspecified atom stereocenters. The standard InChI is InChI=1S/C20H28INO2/c1-24-18-6-4-16(21-12-18)11-20-19-7-5-17(23)10-15(19)8-9-22(20)13-14-2-3-14/h4,6,12,14-15,19-20H,2-3,5,7-11,13H2,1H3/t15?,19-,20-/m1/s1. The van der Waals surface area contributed by atoms with E-state index < -0.39 is 0 Å². The number of hydrogen-bond donors (Lipinski definition) is 0. The molecular weight excluding hydrogens is 413 g/mol. The molecule has 4 aliphatic rings. The largest absolute Gasteiger partial charge is 0.496 e. The van der Waals surface area contributed by atoms with Crippen LogP contribution in [-0.4, -0.2) is 40.4 Å². The minimum absolute atomic E-state index is 0.0352. The number of hydrogen-bond acceptors (Lipinski definition) is 3. The normalized spacial score (nSPS) is 34.0. The Kier molecular flexibility index (Phi) is 5.23. The first-order valence-corrected chi connectivity index (χ1v) is 11.7. The average molecular weight is 441 g/mol. The van der Waals surface area contributed by atoms with Gasteiger partial charge in [-0.05, 0) is 72.1 Å². The number of rotatable bonds is 5. The Bertz CT molecular complexity index is 590. The van der Waals surface area contributed by atoms with Gasteiger partial charge in [0, 0.05) is 29.5 Å². The number of halogens is 1. The fourth-order valence-corrected chi connectivity index (χ4v) is 6.90. The van der Waals surface area contributed by atoms with Gasteiger partial charge in [-0.1, -0.05) is 20.7 Å². The van der Waals surface area contributed by atoms with E-state index in [-0.39, 0.29) is 20.7 Å². The van der Waals surface area contributed by atoms with Crippen molar-refractivity contribution in [2.75, 3.05) is 20.2 Å². The SMILES string of the molecule is COC1=CI=C(C[C@@H]2[C@@H]3CCC(=O)CC3CCN2CC2CC2)C=C1. The number of Topliss-reactive ketones (excluding diaryl/α,β-unsaturated/α-hetero) is 1. The number of fused-ring (bicyclic) bond motifs is 1. The van der Waals surface area contributed by atoms with Crippen LogP contribution in [0.2, 0.25) is 0 Å². The Hall–Kier alpha value is -0.490. The second kappa shape index (κ2) is 7.40. The van der Waals surface area contributed by atoms with Gasteiger partial charge in [-0.3, -0.25) is 9.69 Å². The highest BCUT2D eigenvalue weighted by Crippen LogP contribution is 2.42. The molecule has 0 bridgehead atoms. The summed E-state index contributed by atoms with van der Waals surface area (Å²) in [6.45, 7) is 2.51. The van der Waals surface area contributed by atoms with Crippen LogP contribution >= 0.6 is 20.7 Å². The van der Waals surface area contributed by atoms with Crippen LogP contribution in [-0.2, 0) is 9.53 Å². The van der Waals surface area contributed by atoms with E-state index in [1.807, 2.05) is 0 Å². The highest BCUT2D eigenvalue weighted by Gasteiger charge is 2.42. The van der Waals surface area contributed by atoms with Crippen LogP contribution in [0.5, 0.6) is 0 Å². The molecule has 1 saturated heterocycles. The zero-order chi connectivity index (χ0) is 16.5. The van der Waals surface area contributed by atoms with E-state index in [1.54, 1.807) is 10.6 Å². The number of piperidine rings is 1. The van der Waals surface area contributed by atoms with Crippen LogP contribution in [0.1, 0.15) is 44.9 Å². The second-order valence-electron chi connectivity index (χ2n) is 7.81. The summed E-state index contributed by atoms with van der Waals surface area (Å²) in [5.74, 6) is 3.90. The summed E-state index contributed by atoms with van der Waals surface area (Å²) in [6.07, 6.45) is 12.6. The number of carbonyl (C=O) groups is 1. The summed E-state index contributed by atoms with van der Waals surface area (Å²) in [4.78, 5) is 14.7. The minimum atomic E-state index is -0.0352. The summed E-state index contributed by atoms with van der Waals surface area (Å²) >= 11 is -0.0352. The Morgan fingerprint density at radius 3 is 2.83 bits per heavy atom. The molecule has 0 amide bonds. The van der Waals surface area contributed by atoms with Crippen molar-refractivity contribution in [3.05, 3.63) is 22.0 Å². The fraction of sp³-hybridized carbons (Fsp3) is 0.700. The summed E-state index contributed by atoms with van der Waals surface area (Å²) in [6, 6.07) is 0.675. The van der Waals surface area contributed by atoms with Crippen molar-refractivity contribution < 1.29 is 9.53 Å². The number of ether oxygens (including phenoxy) is 1. The lowest BCUT2D eigenvalue weighted by atomic mass is 9.69. The van der Waals surface area contributed by atoms with Gasteiger partial charge in [0.1, 0.15) is 11.5 Å². The lowest BCUT2D eigenvalue weighted by Crippen LogP contribution is -2.52. The van der Waals surface area contributed by atoms with Crippen molar-refractivity contribution in [2.24, 2.45) is 17.8 Å². The molecule has 0 aromatic heterocycles. The van der Waals surface area contributed by atoms with Crippen LogP contribution in [0.4, 0.5) is 0 Å². The first-order valence-electron chi connectivity index (χ1n) is 9.40. The number of carbonyl (C=O) groups excluding carboxylic acids is 1. The van der Waals surface area contributed by atoms with Gasteiger partial charge in [0.05, 0.1) is 7.11 Å². The van der Waals surface area contributed by atoms with Crippen LogP contribution in [0.25, 0.3) is 0 Å². The fourth-order valence-electron chi connectivity index (χ4n) is 4.63. The lowest BCUT2D eigenvalue weighted by molar-refractivity contribution is -0.124. The van der Waals surface area contributed by atoms with Crippen LogP contribution < -0.4 is 0 Å². The first kappa shape index (κ1) is 17.0. The molecule has 4 rings (SSSR count). The molecule has 3 nitrogen and oxygen atoms in total. The molecule has 0 spiro atoms. The van der Waals surface area contributed by atoms with Crippen LogP contribution in [0, 0.1) is 17.8 Å². The predicted molar refractivity (Wildman–Crippen MR) is 106 cm³/mol. The third-order valence-electron chi connectivity index (χ3n) is 6.16. The summed E-state index contributed by atoms with van der Waals surface area (Å²) in [5.41, 5.74) is 0. The molecule has 0 aromatic carbocycles. The van der Waals surface area contributed by atoms with E-state index in [0.717, 1.165) is 36.9 Å². The third-order valence-corrected chi connectivity index (χ3v) is 8.69. The number of ketones is 1. The Labute approximate surface area is 155 Å². The Morgan fingerprint density at radius 2 is 2.12 bits per heavy atom. The van der Waals surface area contributed by atoms with E-state index in [0.29, 0.717) is 17.7 Å². The van der Waals surface area contributed by atoms with Gasteiger partial charge in [-0.25, -0.2) is 0 Å². The van der Waals surface area contributed by atoms with Crippen molar-refractivity contribution in [1.29, 1.82) is 0 Å². The average Bonchev–Trinajstić information content (AvgIpc) is 3.41. The molecule has 2 aliphatic heterocycles. The molecule has 3 fully saturated rings. The quantitative estimate of drug-likeness (QED) is 0.604. The zero-order valence-electron chi connectivity index (χ0n) is 14.5. The maximum absolute atomic E-state index is 11.9. The molecule has 0 radical (unpaired) electrons. The second-order valence-corrected chi connectivity index (χ2v) is 10.4. The minimum Gasteiger partial charge on any atom is -0.496 e. The maximum atomic E-state index is 11.9. The van der Waals surface area contributed by atoms with Crippen molar-refractivity contribution in [3.8, 4) is 0 Å². The van der Waals surface area contributed by atoms with E-state index in [1.165, 1.54) is 38.8 Å². The molecule has 132 valence electrons. The van der Waals surface area contributed by atoms with Gasteiger partial charge in [-0.2, -0.15) is 0 Å². The molecule has 4 heteroatoms. The van der Waals surface area contributed by atoms with Crippen molar-refractivity contribution >= 4 is 30.0 Å². The van der Waals surface area contributed by atoms with Crippen LogP contribution in [0.3, 0.4) is 0 Å². The summed E-state index contributed by atoms with van der Waals surface area (Å²) in [5, 5.41) is 0. The lowest BCUT2D eigenvalue weighted by Gasteiger charge is -2.48. The maximum Gasteiger partial charge on any atom is 0.133 e. The molecule has 2 aliphatic carbocycles. The highest BCUT2D eigenvalue weighted by atomic mass is 127. The summed E-state index contributed by atoms with van der Waals surface area (Å²) < 4.78 is 9.30. The van der Waals surface area contributed by atoms with Gasteiger partial charge in [-0.15, -0.1) is 0 Å². The number of allylic oxidation sites excluding steroid dienone is 2. The first-order chi connectivity index (χ1) is 11.7. The molecule has 0 N–H and O–H groups in total. The molecule has 2 saturated carbocycles. The highest BCUT2D eigenvalue weighted by molar-refractivity contribution is 14.2. The Morgan fingerprint density at radius 1 is 1.25 bits per heavy atom. The predicted octanol–water partition coefficient (Wildman–Crippen LogP) is 4.05. The van der Waals surface area contributed by atoms with Gasteiger partial charge in [0.15, 0.2) is 0 Å². The smallest absolute Gasteiger partial charge is 0.133 e. The van der Waals surface area contributed by atoms with Crippen LogP contribution in [0.15, 0.2) is 22.0 Å². The van der Waals surface area contributed by atoms with E-state index >= 15 is 0 Å². The van der Waals surface area contributed by atoms with E-state index in [4.69, 9.17) is 4.74 Å². The van der Waals surface area contributed by atoms with Crippen molar-refractivity contribution in [3.63, 3.8) is 0 Å². The van der Waals surface area contributed by atoms with E-state index in [9.17, 15) is 4.79 Å². The molecule has 2 heterocycles. The summed E-state index contributed by atoms with van der Waals surface area (Å²) in [7, 11) is 1.76. The third kappa shape index (κ3) is 3.85. The topological polar surface area (TPSA) is 29.5 Å². The van der Waals surface area contributed by atoms with E-state index in [2.05, 4.69) is 21.1 Å². The number of methoxy groups -OCH3 is 1. The molecule has 0 aromatic rings. The van der Waals surface area contributed by atoms with Gasteiger partial charge in [0.2, 0.25) is 0 Å². The molecular formula is C20H28INO2. The number of likely N-dealkylation sites (tertiary alicyclic amines) is 1. The van der Waals surface area contributed by atoms with Gasteiger partial charge in [0.25, 0.3) is 0 Å². The number of nitrogens with zero attached hydrogens (tertiary/aromatic N) is 1. The van der Waals surface area contributed by atoms with Crippen molar-refractivity contribution in [2.45, 2.75) is 51.0 Å².